The van der Waals surface area contributed by atoms with E-state index in [9.17, 15) is 25.0 Å². The SMILES string of the molecule is COC(=O)CCCC(C)=NNc1ccc([N+](=O)[O-])cc1[N+](=O)[O-]. The van der Waals surface area contributed by atoms with Crippen LogP contribution in [0.25, 0.3) is 0 Å². The molecule has 0 aromatic heterocycles. The molecule has 0 atom stereocenters. The number of hydrogen-bond donors (Lipinski definition) is 1. The van der Waals surface area contributed by atoms with Gasteiger partial charge < -0.3 is 4.74 Å². The van der Waals surface area contributed by atoms with E-state index >= 15 is 0 Å². The average molecular weight is 324 g/mol. The van der Waals surface area contributed by atoms with E-state index in [0.717, 1.165) is 12.1 Å². The number of benzene rings is 1. The Hall–Kier alpha value is -3.04. The van der Waals surface area contributed by atoms with Gasteiger partial charge in [-0.1, -0.05) is 0 Å². The third-order valence-corrected chi connectivity index (χ3v) is 2.90. The van der Waals surface area contributed by atoms with E-state index in [1.807, 2.05) is 0 Å². The van der Waals surface area contributed by atoms with E-state index in [1.54, 1.807) is 6.92 Å². The number of non-ortho nitro benzene ring substituents is 1. The first-order valence-corrected chi connectivity index (χ1v) is 6.64. The second kappa shape index (κ2) is 8.41. The van der Waals surface area contributed by atoms with Gasteiger partial charge >= 0.3 is 11.7 Å². The van der Waals surface area contributed by atoms with E-state index < -0.39 is 15.5 Å². The molecular weight excluding hydrogens is 308 g/mol. The molecule has 0 aliphatic rings. The summed E-state index contributed by atoms with van der Waals surface area (Å²) in [5.41, 5.74) is 2.38. The number of ether oxygens (including phenoxy) is 1. The molecule has 10 heteroatoms. The quantitative estimate of drug-likeness (QED) is 0.336. The number of carbonyl (C=O) groups is 1. The molecule has 10 nitrogen and oxygen atoms in total. The molecule has 1 rings (SSSR count). The Labute approximate surface area is 131 Å². The van der Waals surface area contributed by atoms with E-state index in [1.165, 1.54) is 13.2 Å². The van der Waals surface area contributed by atoms with Crippen LogP contribution in [0.4, 0.5) is 17.1 Å². The topological polar surface area (TPSA) is 137 Å². The lowest BCUT2D eigenvalue weighted by atomic mass is 10.2. The molecule has 23 heavy (non-hydrogen) atoms. The second-order valence-corrected chi connectivity index (χ2v) is 4.60. The molecule has 0 radical (unpaired) electrons. The van der Waals surface area contributed by atoms with Gasteiger partial charge in [-0.25, -0.2) is 0 Å². The van der Waals surface area contributed by atoms with Crippen molar-refractivity contribution in [1.82, 2.24) is 0 Å². The highest BCUT2D eigenvalue weighted by Crippen LogP contribution is 2.28. The maximum atomic E-state index is 11.0. The Morgan fingerprint density at radius 3 is 2.52 bits per heavy atom. The molecule has 0 spiro atoms. The van der Waals surface area contributed by atoms with Crippen molar-refractivity contribution in [3.63, 3.8) is 0 Å². The average Bonchev–Trinajstić information content (AvgIpc) is 2.52. The van der Waals surface area contributed by atoms with Crippen LogP contribution in [0.5, 0.6) is 0 Å². The number of esters is 1. The summed E-state index contributed by atoms with van der Waals surface area (Å²) >= 11 is 0. The zero-order valence-corrected chi connectivity index (χ0v) is 12.6. The number of nitrogens with one attached hydrogen (secondary N) is 1. The van der Waals surface area contributed by atoms with Crippen LogP contribution >= 0.6 is 0 Å². The number of nitrogens with zero attached hydrogens (tertiary/aromatic N) is 3. The van der Waals surface area contributed by atoms with Crippen LogP contribution in [0, 0.1) is 20.2 Å². The van der Waals surface area contributed by atoms with E-state index in [0.29, 0.717) is 18.6 Å². The Morgan fingerprint density at radius 2 is 1.96 bits per heavy atom. The number of carbonyl (C=O) groups excluding carboxylic acids is 1. The molecule has 0 unspecified atom stereocenters. The molecule has 0 fully saturated rings. The van der Waals surface area contributed by atoms with Crippen LogP contribution in [-0.4, -0.2) is 28.6 Å². The highest BCUT2D eigenvalue weighted by atomic mass is 16.6. The molecule has 0 bridgehead atoms. The van der Waals surface area contributed by atoms with Crippen LogP contribution in [0.15, 0.2) is 23.3 Å². The molecule has 124 valence electrons. The number of rotatable bonds is 8. The van der Waals surface area contributed by atoms with Crippen LogP contribution in [0.1, 0.15) is 26.2 Å². The first-order chi connectivity index (χ1) is 10.8. The molecule has 0 saturated carbocycles. The Bertz CT molecular complexity index is 643. The number of nitro benzene ring substituents is 2. The standard InChI is InChI=1S/C13H16N4O6/c1-9(4-3-5-13(18)23-2)14-15-11-7-6-10(16(19)20)8-12(11)17(21)22/h6-8,15H,3-5H2,1-2H3. The van der Waals surface area contributed by atoms with Crippen LogP contribution in [0.2, 0.25) is 0 Å². The van der Waals surface area contributed by atoms with E-state index in [2.05, 4.69) is 15.3 Å². The van der Waals surface area contributed by atoms with Crippen molar-refractivity contribution in [2.24, 2.45) is 5.10 Å². The predicted octanol–water partition coefficient (Wildman–Crippen LogP) is 2.63. The third kappa shape index (κ3) is 5.69. The van der Waals surface area contributed by atoms with E-state index in [-0.39, 0.29) is 23.8 Å². The van der Waals surface area contributed by atoms with Gasteiger partial charge in [0, 0.05) is 18.2 Å². The van der Waals surface area contributed by atoms with Gasteiger partial charge in [0.2, 0.25) is 0 Å². The number of anilines is 1. The second-order valence-electron chi connectivity index (χ2n) is 4.60. The van der Waals surface area contributed by atoms with Crippen molar-refractivity contribution >= 4 is 28.7 Å². The van der Waals surface area contributed by atoms with Gasteiger partial charge in [0.05, 0.1) is 23.0 Å². The minimum absolute atomic E-state index is 0.0490. The Morgan fingerprint density at radius 1 is 1.26 bits per heavy atom. The van der Waals surface area contributed by atoms with Crippen LogP contribution in [-0.2, 0) is 9.53 Å². The molecule has 0 saturated heterocycles. The van der Waals surface area contributed by atoms with Gasteiger partial charge in [-0.05, 0) is 25.8 Å². The maximum absolute atomic E-state index is 11.0. The fourth-order valence-corrected chi connectivity index (χ4v) is 1.68. The van der Waals surface area contributed by atoms with Gasteiger partial charge in [-0.2, -0.15) is 5.10 Å². The summed E-state index contributed by atoms with van der Waals surface area (Å²) in [5, 5.41) is 25.6. The summed E-state index contributed by atoms with van der Waals surface area (Å²) in [6.07, 6.45) is 1.29. The van der Waals surface area contributed by atoms with Crippen molar-refractivity contribution in [2.45, 2.75) is 26.2 Å². The summed E-state index contributed by atoms with van der Waals surface area (Å²) in [6, 6.07) is 3.24. The highest BCUT2D eigenvalue weighted by Gasteiger charge is 2.19. The number of hydrazone groups is 1. The molecule has 0 amide bonds. The van der Waals surface area contributed by atoms with Crippen molar-refractivity contribution < 1.29 is 19.4 Å². The smallest absolute Gasteiger partial charge is 0.305 e. The summed E-state index contributed by atoms with van der Waals surface area (Å²) < 4.78 is 4.51. The van der Waals surface area contributed by atoms with Crippen LogP contribution < -0.4 is 5.43 Å². The lowest BCUT2D eigenvalue weighted by molar-refractivity contribution is -0.393. The monoisotopic (exact) mass is 324 g/mol. The Balaban J connectivity index is 2.76. The van der Waals surface area contributed by atoms with Gasteiger partial charge in [0.15, 0.2) is 0 Å². The number of nitro groups is 2. The molecule has 1 aromatic carbocycles. The van der Waals surface area contributed by atoms with Crippen molar-refractivity contribution in [3.05, 3.63) is 38.4 Å². The largest absolute Gasteiger partial charge is 0.469 e. The van der Waals surface area contributed by atoms with Gasteiger partial charge in [-0.3, -0.25) is 30.4 Å². The molecule has 0 aliphatic carbocycles. The van der Waals surface area contributed by atoms with Crippen LogP contribution in [0.3, 0.4) is 0 Å². The molecule has 1 N–H and O–H groups in total. The van der Waals surface area contributed by atoms with Crippen molar-refractivity contribution in [1.29, 1.82) is 0 Å². The zero-order valence-electron chi connectivity index (χ0n) is 12.6. The fraction of sp³-hybridized carbons (Fsp3) is 0.385. The molecule has 1 aromatic rings. The number of methoxy groups -OCH3 is 1. The fourth-order valence-electron chi connectivity index (χ4n) is 1.68. The summed E-state index contributed by atoms with van der Waals surface area (Å²) in [6.45, 7) is 1.70. The van der Waals surface area contributed by atoms with Gasteiger partial charge in [-0.15, -0.1) is 0 Å². The summed E-state index contributed by atoms with van der Waals surface area (Å²) in [4.78, 5) is 31.1. The molecule has 0 heterocycles. The first-order valence-electron chi connectivity index (χ1n) is 6.64. The predicted molar refractivity (Wildman–Crippen MR) is 82.3 cm³/mol. The Kier molecular flexibility index (Phi) is 6.59. The lowest BCUT2D eigenvalue weighted by Gasteiger charge is -2.04. The highest BCUT2D eigenvalue weighted by molar-refractivity contribution is 5.83. The molecule has 0 aliphatic heterocycles. The maximum Gasteiger partial charge on any atom is 0.305 e. The summed E-state index contributed by atoms with van der Waals surface area (Å²) in [5.74, 6) is -0.322. The third-order valence-electron chi connectivity index (χ3n) is 2.90. The molecular formula is C13H16N4O6. The number of hydrogen-bond acceptors (Lipinski definition) is 8. The van der Waals surface area contributed by atoms with Crippen molar-refractivity contribution in [2.75, 3.05) is 12.5 Å². The van der Waals surface area contributed by atoms with Gasteiger partial charge in [0.1, 0.15) is 5.69 Å². The minimum atomic E-state index is -0.725. The first kappa shape index (κ1) is 18.0. The lowest BCUT2D eigenvalue weighted by Crippen LogP contribution is -2.04. The minimum Gasteiger partial charge on any atom is -0.469 e. The van der Waals surface area contributed by atoms with Crippen molar-refractivity contribution in [3.8, 4) is 0 Å². The summed E-state index contributed by atoms with van der Waals surface area (Å²) in [7, 11) is 1.30. The zero-order chi connectivity index (χ0) is 17.4. The van der Waals surface area contributed by atoms with Gasteiger partial charge in [0.25, 0.3) is 5.69 Å². The van der Waals surface area contributed by atoms with E-state index in [4.69, 9.17) is 0 Å². The normalized spacial score (nSPS) is 11.0.